The van der Waals surface area contributed by atoms with Gasteiger partial charge in [-0.05, 0) is 45.7 Å². The average molecular weight is 625 g/mol. The van der Waals surface area contributed by atoms with E-state index >= 15 is 0 Å². The molecule has 13 heteroatoms. The number of alkyl halides is 3. The maximum Gasteiger partial charge on any atom is 0.432 e. The molecule has 2 aromatic carbocycles. The molecule has 2 heterocycles. The van der Waals surface area contributed by atoms with Crippen LogP contribution in [0.2, 0.25) is 0 Å². The van der Waals surface area contributed by atoms with Crippen molar-refractivity contribution in [2.24, 2.45) is 0 Å². The van der Waals surface area contributed by atoms with Crippen molar-refractivity contribution in [3.8, 4) is 17.2 Å². The minimum absolute atomic E-state index is 0.0174. The first kappa shape index (κ1) is 33.1. The summed E-state index contributed by atoms with van der Waals surface area (Å²) in [5.74, 6) is -1.84. The van der Waals surface area contributed by atoms with Gasteiger partial charge in [-0.25, -0.2) is 9.59 Å². The lowest BCUT2D eigenvalue weighted by Gasteiger charge is -2.37. The van der Waals surface area contributed by atoms with Gasteiger partial charge >= 0.3 is 17.8 Å². The average Bonchev–Trinajstić information content (AvgIpc) is 3.59. The molecule has 0 aliphatic carbocycles. The first-order valence-electron chi connectivity index (χ1n) is 13.7. The van der Waals surface area contributed by atoms with Gasteiger partial charge < -0.3 is 37.9 Å². The van der Waals surface area contributed by atoms with Crippen LogP contribution in [0.15, 0.2) is 57.7 Å². The standard InChI is InChI=1S/C31H35F3O10/c1-28(2)21(44-28)14-15-29(3,37)22(42-27(36)30(40-6,31(32,33)34)19-10-8-7-9-11-19)17-41-25-20(38-4)16-18-12-13-23(35)43-24(18)26(25)39-5/h7-13,16,21-22,37H,14-15,17H2,1-6H3/t21-,22-,29-,30-/m1/s1. The van der Waals surface area contributed by atoms with Crippen molar-refractivity contribution in [1.29, 1.82) is 0 Å². The summed E-state index contributed by atoms with van der Waals surface area (Å²) >= 11 is 0. The van der Waals surface area contributed by atoms with Crippen molar-refractivity contribution in [2.75, 3.05) is 27.9 Å². The van der Waals surface area contributed by atoms with Crippen molar-refractivity contribution in [1.82, 2.24) is 0 Å². The monoisotopic (exact) mass is 624 g/mol. The highest BCUT2D eigenvalue weighted by Crippen LogP contribution is 2.46. The largest absolute Gasteiger partial charge is 0.493 e. The highest BCUT2D eigenvalue weighted by Gasteiger charge is 2.65. The van der Waals surface area contributed by atoms with Crippen LogP contribution in [-0.2, 0) is 24.6 Å². The van der Waals surface area contributed by atoms with Crippen LogP contribution >= 0.6 is 0 Å². The molecule has 0 radical (unpaired) electrons. The van der Waals surface area contributed by atoms with E-state index in [1.807, 2.05) is 13.8 Å². The molecule has 0 unspecified atom stereocenters. The Hall–Kier alpha value is -3.81. The van der Waals surface area contributed by atoms with Gasteiger partial charge in [0.15, 0.2) is 17.4 Å². The molecule has 4 atom stereocenters. The number of methoxy groups -OCH3 is 3. The molecule has 10 nitrogen and oxygen atoms in total. The number of hydrogen-bond donors (Lipinski definition) is 1. The van der Waals surface area contributed by atoms with E-state index in [-0.39, 0.29) is 35.4 Å². The second-order valence-electron chi connectivity index (χ2n) is 11.2. The van der Waals surface area contributed by atoms with Crippen LogP contribution in [0.1, 0.15) is 39.2 Å². The number of halogens is 3. The van der Waals surface area contributed by atoms with Crippen molar-refractivity contribution in [3.63, 3.8) is 0 Å². The van der Waals surface area contributed by atoms with E-state index in [2.05, 4.69) is 0 Å². The summed E-state index contributed by atoms with van der Waals surface area (Å²) in [6, 6.07) is 10.5. The molecule has 44 heavy (non-hydrogen) atoms. The van der Waals surface area contributed by atoms with E-state index in [4.69, 9.17) is 32.8 Å². The number of carbonyl (C=O) groups excluding carboxylic acids is 1. The Labute approximate surface area is 251 Å². The number of rotatable bonds is 13. The number of aliphatic hydroxyl groups is 1. The third-order valence-corrected chi connectivity index (χ3v) is 7.78. The Kier molecular flexibility index (Phi) is 9.24. The first-order chi connectivity index (χ1) is 20.6. The zero-order chi connectivity index (χ0) is 32.5. The SMILES string of the molecule is COc1cc2ccc(=O)oc2c(OC)c1OC[C@@H](OC(=O)[C@](OC)(c1ccccc1)C(F)(F)F)[C@](C)(O)CC[C@H]1OC1(C)C. The molecular formula is C31H35F3O10. The third-order valence-electron chi connectivity index (χ3n) is 7.78. The molecule has 1 N–H and O–H groups in total. The zero-order valence-corrected chi connectivity index (χ0v) is 25.2. The molecule has 3 aromatic rings. The van der Waals surface area contributed by atoms with Gasteiger partial charge in [0.2, 0.25) is 11.5 Å². The predicted octanol–water partition coefficient (Wildman–Crippen LogP) is 4.91. The normalized spacial score (nSPS) is 19.4. The quantitative estimate of drug-likeness (QED) is 0.159. The van der Waals surface area contributed by atoms with Crippen LogP contribution in [0.5, 0.6) is 17.2 Å². The fourth-order valence-electron chi connectivity index (χ4n) is 5.04. The van der Waals surface area contributed by atoms with Gasteiger partial charge in [-0.1, -0.05) is 30.3 Å². The van der Waals surface area contributed by atoms with E-state index in [1.165, 1.54) is 57.5 Å². The maximum absolute atomic E-state index is 14.6. The van der Waals surface area contributed by atoms with Crippen LogP contribution < -0.4 is 19.8 Å². The number of fused-ring (bicyclic) bond motifs is 1. The fraction of sp³-hybridized carbons (Fsp3) is 0.484. The molecular weight excluding hydrogens is 589 g/mol. The van der Waals surface area contributed by atoms with Gasteiger partial charge in [0.05, 0.1) is 25.9 Å². The fourth-order valence-corrected chi connectivity index (χ4v) is 5.04. The summed E-state index contributed by atoms with van der Waals surface area (Å²) in [4.78, 5) is 25.5. The second kappa shape index (κ2) is 12.3. The van der Waals surface area contributed by atoms with Gasteiger partial charge in [0, 0.05) is 24.1 Å². The summed E-state index contributed by atoms with van der Waals surface area (Å²) in [6.45, 7) is 4.39. The molecule has 0 saturated carbocycles. The molecule has 1 saturated heterocycles. The van der Waals surface area contributed by atoms with E-state index in [0.717, 1.165) is 19.2 Å². The molecule has 1 aliphatic heterocycles. The second-order valence-corrected chi connectivity index (χ2v) is 11.2. The molecule has 1 aromatic heterocycles. The third kappa shape index (κ3) is 6.35. The highest BCUT2D eigenvalue weighted by atomic mass is 19.4. The summed E-state index contributed by atoms with van der Waals surface area (Å²) in [7, 11) is 3.37. The van der Waals surface area contributed by atoms with Gasteiger partial charge in [-0.3, -0.25) is 0 Å². The molecule has 240 valence electrons. The molecule has 1 aliphatic rings. The number of ether oxygens (including phenoxy) is 6. The van der Waals surface area contributed by atoms with Crippen molar-refractivity contribution in [2.45, 2.75) is 68.8 Å². The Balaban J connectivity index is 1.73. The van der Waals surface area contributed by atoms with Crippen LogP contribution in [0.4, 0.5) is 13.2 Å². The number of carbonyl (C=O) groups is 1. The molecule has 4 rings (SSSR count). The summed E-state index contributed by atoms with van der Waals surface area (Å²) in [5, 5.41) is 12.0. The lowest BCUT2D eigenvalue weighted by molar-refractivity contribution is -0.281. The van der Waals surface area contributed by atoms with Crippen molar-refractivity contribution in [3.05, 3.63) is 64.5 Å². The van der Waals surface area contributed by atoms with Crippen LogP contribution in [0.25, 0.3) is 11.0 Å². The minimum atomic E-state index is -5.24. The minimum Gasteiger partial charge on any atom is -0.493 e. The van der Waals surface area contributed by atoms with Gasteiger partial charge in [0.25, 0.3) is 5.60 Å². The molecule has 0 spiro atoms. The Morgan fingerprint density at radius 2 is 1.70 bits per heavy atom. The van der Waals surface area contributed by atoms with Crippen molar-refractivity contribution >= 4 is 16.9 Å². The summed E-state index contributed by atoms with van der Waals surface area (Å²) in [5.41, 5.74) is -7.02. The molecule has 0 bridgehead atoms. The topological polar surface area (TPSA) is 126 Å². The van der Waals surface area contributed by atoms with Gasteiger partial charge in [-0.15, -0.1) is 0 Å². The number of esters is 1. The van der Waals surface area contributed by atoms with Crippen LogP contribution in [0, 0.1) is 0 Å². The molecule has 1 fully saturated rings. The number of epoxide rings is 1. The Bertz CT molecular complexity index is 1530. The van der Waals surface area contributed by atoms with Gasteiger partial charge in [0.1, 0.15) is 12.2 Å². The maximum atomic E-state index is 14.6. The lowest BCUT2D eigenvalue weighted by atomic mass is 9.89. The van der Waals surface area contributed by atoms with Crippen molar-refractivity contribution < 1.29 is 55.9 Å². The summed E-state index contributed by atoms with van der Waals surface area (Å²) in [6.07, 6.45) is -6.85. The van der Waals surface area contributed by atoms with E-state index in [9.17, 15) is 27.9 Å². The zero-order valence-electron chi connectivity index (χ0n) is 25.2. The number of benzene rings is 2. The molecule has 0 amide bonds. The lowest BCUT2D eigenvalue weighted by Crippen LogP contribution is -2.55. The van der Waals surface area contributed by atoms with Crippen LogP contribution in [-0.4, -0.2) is 68.6 Å². The Morgan fingerprint density at radius 1 is 1.05 bits per heavy atom. The Morgan fingerprint density at radius 3 is 2.25 bits per heavy atom. The summed E-state index contributed by atoms with van der Waals surface area (Å²) < 4.78 is 81.9. The smallest absolute Gasteiger partial charge is 0.432 e. The van der Waals surface area contributed by atoms with E-state index < -0.39 is 52.8 Å². The van der Waals surface area contributed by atoms with Gasteiger partial charge in [-0.2, -0.15) is 13.2 Å². The number of hydrogen-bond acceptors (Lipinski definition) is 10. The predicted molar refractivity (Wildman–Crippen MR) is 151 cm³/mol. The highest BCUT2D eigenvalue weighted by molar-refractivity contribution is 5.88. The van der Waals surface area contributed by atoms with Crippen LogP contribution in [0.3, 0.4) is 0 Å². The van der Waals surface area contributed by atoms with E-state index in [0.29, 0.717) is 11.8 Å². The first-order valence-corrected chi connectivity index (χ1v) is 13.7. The van der Waals surface area contributed by atoms with E-state index in [1.54, 1.807) is 0 Å².